The summed E-state index contributed by atoms with van der Waals surface area (Å²) in [5.74, 6) is 1.01. The predicted octanol–water partition coefficient (Wildman–Crippen LogP) is 6.32. The summed E-state index contributed by atoms with van der Waals surface area (Å²) < 4.78 is 5.96. The molecule has 2 aromatic carbocycles. The third kappa shape index (κ3) is 4.40. The summed E-state index contributed by atoms with van der Waals surface area (Å²) >= 11 is 0. The quantitative estimate of drug-likeness (QED) is 0.637. The molecule has 1 aliphatic carbocycles. The van der Waals surface area contributed by atoms with Gasteiger partial charge in [-0.25, -0.2) is 0 Å². The Morgan fingerprint density at radius 1 is 1.11 bits per heavy atom. The molecule has 1 atom stereocenters. The number of ether oxygens (including phenoxy) is 1. The van der Waals surface area contributed by atoms with Gasteiger partial charge in [0.05, 0.1) is 11.5 Å². The van der Waals surface area contributed by atoms with Crippen molar-refractivity contribution in [3.63, 3.8) is 0 Å². The van der Waals surface area contributed by atoms with E-state index in [1.807, 2.05) is 25.1 Å². The van der Waals surface area contributed by atoms with Crippen LogP contribution in [0.4, 0.5) is 5.69 Å². The fourth-order valence-corrected chi connectivity index (χ4v) is 4.16. The van der Waals surface area contributed by atoms with Crippen LogP contribution in [0.1, 0.15) is 69.1 Å². The maximum Gasteiger partial charge on any atom is 0.235 e. The number of nitrogens with one attached hydrogen (secondary N) is 1. The molecule has 0 radical (unpaired) electrons. The van der Waals surface area contributed by atoms with E-state index in [0.717, 1.165) is 54.7 Å². The molecule has 1 fully saturated rings. The van der Waals surface area contributed by atoms with E-state index in [0.29, 0.717) is 0 Å². The number of rotatable bonds is 6. The molecule has 150 valence electrons. The fourth-order valence-electron chi connectivity index (χ4n) is 4.16. The smallest absolute Gasteiger partial charge is 0.235 e. The third-order valence-corrected chi connectivity index (χ3v) is 6.05. The Kier molecular flexibility index (Phi) is 6.43. The van der Waals surface area contributed by atoms with Crippen LogP contribution >= 0.6 is 0 Å². The largest absolute Gasteiger partial charge is 0.490 e. The van der Waals surface area contributed by atoms with Gasteiger partial charge in [-0.05, 0) is 69.4 Å². The number of benzene rings is 2. The highest BCUT2D eigenvalue weighted by molar-refractivity contribution is 5.99. The van der Waals surface area contributed by atoms with E-state index in [2.05, 4.69) is 50.4 Å². The Balaban J connectivity index is 1.84. The van der Waals surface area contributed by atoms with E-state index in [-0.39, 0.29) is 12.0 Å². The Morgan fingerprint density at radius 2 is 1.86 bits per heavy atom. The van der Waals surface area contributed by atoms with Gasteiger partial charge >= 0.3 is 0 Å². The third-order valence-electron chi connectivity index (χ3n) is 6.05. The topological polar surface area (TPSA) is 38.3 Å². The van der Waals surface area contributed by atoms with Crippen LogP contribution in [0.25, 0.3) is 0 Å². The first kappa shape index (κ1) is 20.4. The molecule has 0 bridgehead atoms. The van der Waals surface area contributed by atoms with Crippen LogP contribution in [0.2, 0.25) is 0 Å². The monoisotopic (exact) mass is 379 g/mol. The van der Waals surface area contributed by atoms with Crippen LogP contribution in [0, 0.1) is 13.8 Å². The van der Waals surface area contributed by atoms with Crippen molar-refractivity contribution in [2.75, 3.05) is 5.32 Å². The first-order chi connectivity index (χ1) is 13.4. The second kappa shape index (κ2) is 8.81. The van der Waals surface area contributed by atoms with Gasteiger partial charge in [0.15, 0.2) is 0 Å². The molecule has 1 aliphatic rings. The SMILES string of the molecule is CC[C@H](C)Oc1ccc(NC(=O)C2(c3cccc(C)c3)CCCCC2)cc1C. The maximum atomic E-state index is 13.5. The van der Waals surface area contributed by atoms with Gasteiger partial charge in [-0.3, -0.25) is 4.79 Å². The summed E-state index contributed by atoms with van der Waals surface area (Å²) in [5.41, 5.74) is 3.82. The molecule has 0 saturated heterocycles. The van der Waals surface area contributed by atoms with Gasteiger partial charge in [0, 0.05) is 5.69 Å². The van der Waals surface area contributed by atoms with E-state index in [4.69, 9.17) is 4.74 Å². The lowest BCUT2D eigenvalue weighted by Crippen LogP contribution is -2.42. The number of carbonyl (C=O) groups excluding carboxylic acids is 1. The first-order valence-corrected chi connectivity index (χ1v) is 10.6. The zero-order valence-electron chi connectivity index (χ0n) is 17.7. The molecule has 1 N–H and O–H groups in total. The second-order valence-corrected chi connectivity index (χ2v) is 8.28. The molecule has 1 saturated carbocycles. The van der Waals surface area contributed by atoms with Crippen LogP contribution in [0.15, 0.2) is 42.5 Å². The van der Waals surface area contributed by atoms with Gasteiger partial charge < -0.3 is 10.1 Å². The van der Waals surface area contributed by atoms with Crippen LogP contribution in [0.3, 0.4) is 0 Å². The second-order valence-electron chi connectivity index (χ2n) is 8.28. The lowest BCUT2D eigenvalue weighted by Gasteiger charge is -2.36. The normalized spacial score (nSPS) is 17.0. The van der Waals surface area contributed by atoms with Crippen molar-refractivity contribution >= 4 is 11.6 Å². The molecule has 3 heteroatoms. The minimum atomic E-state index is -0.427. The molecule has 3 rings (SSSR count). The first-order valence-electron chi connectivity index (χ1n) is 10.6. The van der Waals surface area contributed by atoms with Crippen molar-refractivity contribution in [1.82, 2.24) is 0 Å². The summed E-state index contributed by atoms with van der Waals surface area (Å²) in [7, 11) is 0. The van der Waals surface area contributed by atoms with Crippen LogP contribution < -0.4 is 10.1 Å². The van der Waals surface area contributed by atoms with E-state index in [9.17, 15) is 4.79 Å². The summed E-state index contributed by atoms with van der Waals surface area (Å²) in [6.07, 6.45) is 6.39. The molecule has 0 aliphatic heterocycles. The van der Waals surface area contributed by atoms with Crippen LogP contribution in [0.5, 0.6) is 5.75 Å². The van der Waals surface area contributed by atoms with Crippen LogP contribution in [-0.4, -0.2) is 12.0 Å². The minimum absolute atomic E-state index is 0.118. The van der Waals surface area contributed by atoms with Crippen molar-refractivity contribution in [3.8, 4) is 5.75 Å². The summed E-state index contributed by atoms with van der Waals surface area (Å²) in [4.78, 5) is 13.5. The van der Waals surface area contributed by atoms with Crippen molar-refractivity contribution < 1.29 is 9.53 Å². The number of aryl methyl sites for hydroxylation is 2. The summed E-state index contributed by atoms with van der Waals surface area (Å²) in [5, 5.41) is 3.21. The summed E-state index contributed by atoms with van der Waals surface area (Å²) in [6, 6.07) is 14.4. The lowest BCUT2D eigenvalue weighted by atomic mass is 9.68. The maximum absolute atomic E-state index is 13.5. The summed E-state index contributed by atoms with van der Waals surface area (Å²) in [6.45, 7) is 8.31. The highest BCUT2D eigenvalue weighted by Crippen LogP contribution is 2.41. The van der Waals surface area contributed by atoms with Gasteiger partial charge in [0.25, 0.3) is 0 Å². The predicted molar refractivity (Wildman–Crippen MR) is 116 cm³/mol. The van der Waals surface area contributed by atoms with E-state index in [1.54, 1.807) is 0 Å². The molecule has 3 nitrogen and oxygen atoms in total. The van der Waals surface area contributed by atoms with E-state index >= 15 is 0 Å². The lowest BCUT2D eigenvalue weighted by molar-refractivity contribution is -0.122. The molecular weight excluding hydrogens is 346 g/mol. The van der Waals surface area contributed by atoms with Crippen molar-refractivity contribution in [2.45, 2.75) is 77.7 Å². The number of hydrogen-bond donors (Lipinski definition) is 1. The van der Waals surface area contributed by atoms with Crippen LogP contribution in [-0.2, 0) is 10.2 Å². The molecule has 0 heterocycles. The molecule has 28 heavy (non-hydrogen) atoms. The fraction of sp³-hybridized carbons (Fsp3) is 0.480. The molecule has 0 aromatic heterocycles. The van der Waals surface area contributed by atoms with E-state index < -0.39 is 5.41 Å². The number of amides is 1. The molecule has 1 amide bonds. The van der Waals surface area contributed by atoms with Gasteiger partial charge in [-0.15, -0.1) is 0 Å². The molecule has 0 unspecified atom stereocenters. The van der Waals surface area contributed by atoms with Crippen molar-refractivity contribution in [1.29, 1.82) is 0 Å². The Morgan fingerprint density at radius 3 is 2.50 bits per heavy atom. The standard InChI is InChI=1S/C25H33NO2/c1-5-20(4)28-23-13-12-22(17-19(23)3)26-24(27)25(14-7-6-8-15-25)21-11-9-10-18(2)16-21/h9-13,16-17,20H,5-8,14-15H2,1-4H3,(H,26,27)/t20-/m0/s1. The highest BCUT2D eigenvalue weighted by atomic mass is 16.5. The van der Waals surface area contributed by atoms with Gasteiger partial charge in [-0.1, -0.05) is 56.0 Å². The molecular formula is C25H33NO2. The minimum Gasteiger partial charge on any atom is -0.490 e. The zero-order chi connectivity index (χ0) is 20.1. The Bertz CT molecular complexity index is 821. The Hall–Kier alpha value is -2.29. The molecule has 2 aromatic rings. The Labute approximate surface area is 169 Å². The number of anilines is 1. The zero-order valence-corrected chi connectivity index (χ0v) is 17.7. The van der Waals surface area contributed by atoms with E-state index in [1.165, 1.54) is 12.0 Å². The highest BCUT2D eigenvalue weighted by Gasteiger charge is 2.41. The van der Waals surface area contributed by atoms with Gasteiger partial charge in [0.1, 0.15) is 5.75 Å². The average molecular weight is 380 g/mol. The number of hydrogen-bond acceptors (Lipinski definition) is 2. The number of carbonyl (C=O) groups is 1. The van der Waals surface area contributed by atoms with Gasteiger partial charge in [0.2, 0.25) is 5.91 Å². The van der Waals surface area contributed by atoms with Crippen molar-refractivity contribution in [2.24, 2.45) is 0 Å². The van der Waals surface area contributed by atoms with Gasteiger partial charge in [-0.2, -0.15) is 0 Å². The van der Waals surface area contributed by atoms with Crippen molar-refractivity contribution in [3.05, 3.63) is 59.2 Å². The molecule has 0 spiro atoms. The average Bonchev–Trinajstić information content (AvgIpc) is 2.70.